The summed E-state index contributed by atoms with van der Waals surface area (Å²) in [6.45, 7) is 2.79. The van der Waals surface area contributed by atoms with Crippen molar-refractivity contribution in [3.8, 4) is 0 Å². The van der Waals surface area contributed by atoms with Crippen LogP contribution in [0.1, 0.15) is 73.3 Å². The van der Waals surface area contributed by atoms with Gasteiger partial charge in [0.05, 0.1) is 5.69 Å². The molecule has 1 saturated carbocycles. The fraction of sp³-hybridized carbons (Fsp3) is 0.476. The van der Waals surface area contributed by atoms with E-state index in [0.29, 0.717) is 11.6 Å². The molecular formula is C21H26N2O2. The van der Waals surface area contributed by atoms with Crippen molar-refractivity contribution < 1.29 is 9.53 Å². The third kappa shape index (κ3) is 2.74. The second kappa shape index (κ2) is 6.58. The summed E-state index contributed by atoms with van der Waals surface area (Å²) in [6.07, 6.45) is 15.6. The van der Waals surface area contributed by atoms with E-state index in [2.05, 4.69) is 35.8 Å². The number of hydrogen-bond acceptors (Lipinski definition) is 2. The Balaban J connectivity index is 1.89. The Kier molecular flexibility index (Phi) is 4.28. The van der Waals surface area contributed by atoms with E-state index in [1.54, 1.807) is 0 Å². The zero-order valence-corrected chi connectivity index (χ0v) is 14.8. The average molecular weight is 338 g/mol. The van der Waals surface area contributed by atoms with Gasteiger partial charge in [-0.05, 0) is 44.4 Å². The molecule has 0 unspecified atom stereocenters. The smallest absolute Gasteiger partial charge is 0.265 e. The van der Waals surface area contributed by atoms with Crippen molar-refractivity contribution in [3.63, 3.8) is 0 Å². The van der Waals surface area contributed by atoms with E-state index < -0.39 is 0 Å². The number of nitrogens with two attached hydrogens (primary N) is 1. The maximum absolute atomic E-state index is 12.0. The molecule has 1 atom stereocenters. The highest BCUT2D eigenvalue weighted by Crippen LogP contribution is 2.48. The largest absolute Gasteiger partial charge is 0.485 e. The number of aromatic nitrogens is 1. The first-order chi connectivity index (χ1) is 12.2. The second-order valence-electron chi connectivity index (χ2n) is 7.19. The van der Waals surface area contributed by atoms with Gasteiger partial charge in [-0.1, -0.05) is 31.4 Å². The summed E-state index contributed by atoms with van der Waals surface area (Å²) in [4.78, 5) is 12.0. The molecular weight excluding hydrogens is 312 g/mol. The molecule has 1 fully saturated rings. The van der Waals surface area contributed by atoms with E-state index in [9.17, 15) is 4.79 Å². The third-order valence-electron chi connectivity index (χ3n) is 5.69. The van der Waals surface area contributed by atoms with E-state index in [-0.39, 0.29) is 12.0 Å². The van der Waals surface area contributed by atoms with Gasteiger partial charge in [0, 0.05) is 23.6 Å². The van der Waals surface area contributed by atoms with Crippen molar-refractivity contribution in [1.82, 2.24) is 4.57 Å². The van der Waals surface area contributed by atoms with Crippen LogP contribution in [0.5, 0.6) is 0 Å². The van der Waals surface area contributed by atoms with E-state index in [4.69, 9.17) is 10.5 Å². The number of carbonyl (C=O) groups is 1. The molecule has 0 bridgehead atoms. The minimum Gasteiger partial charge on any atom is -0.485 e. The first-order valence-electron chi connectivity index (χ1n) is 9.48. The van der Waals surface area contributed by atoms with Gasteiger partial charge in [-0.3, -0.25) is 4.79 Å². The number of ether oxygens (including phenoxy) is 1. The SMILES string of the molecule is CCn1c(C(N)=O)cc2c1C1=CC=CCC=C1O[C@@H]2C1CCCCC1. The molecule has 2 N–H and O–H groups in total. The van der Waals surface area contributed by atoms with Crippen LogP contribution in [0.3, 0.4) is 0 Å². The van der Waals surface area contributed by atoms with Gasteiger partial charge in [0.25, 0.3) is 5.91 Å². The minimum absolute atomic E-state index is 0.0303. The molecule has 0 radical (unpaired) electrons. The molecule has 4 rings (SSSR count). The van der Waals surface area contributed by atoms with Crippen molar-refractivity contribution >= 4 is 11.5 Å². The van der Waals surface area contributed by atoms with Gasteiger partial charge in [-0.2, -0.15) is 0 Å². The number of primary amides is 1. The van der Waals surface area contributed by atoms with E-state index >= 15 is 0 Å². The lowest BCUT2D eigenvalue weighted by atomic mass is 9.80. The first kappa shape index (κ1) is 16.2. The van der Waals surface area contributed by atoms with E-state index in [0.717, 1.165) is 35.6 Å². The van der Waals surface area contributed by atoms with Gasteiger partial charge < -0.3 is 15.0 Å². The number of rotatable bonds is 3. The lowest BCUT2D eigenvalue weighted by Crippen LogP contribution is -2.24. The molecule has 0 spiro atoms. The summed E-state index contributed by atoms with van der Waals surface area (Å²) < 4.78 is 8.58. The fourth-order valence-corrected chi connectivity index (χ4v) is 4.52. The first-order valence-corrected chi connectivity index (χ1v) is 9.48. The predicted octanol–water partition coefficient (Wildman–Crippen LogP) is 4.49. The Morgan fingerprint density at radius 2 is 2.12 bits per heavy atom. The Hall–Kier alpha value is -2.23. The molecule has 2 aliphatic carbocycles. The van der Waals surface area contributed by atoms with Crippen molar-refractivity contribution in [3.05, 3.63) is 53.1 Å². The topological polar surface area (TPSA) is 57.2 Å². The monoisotopic (exact) mass is 338 g/mol. The zero-order valence-electron chi connectivity index (χ0n) is 14.8. The second-order valence-corrected chi connectivity index (χ2v) is 7.19. The summed E-state index contributed by atoms with van der Waals surface area (Å²) >= 11 is 0. The van der Waals surface area contributed by atoms with Crippen LogP contribution in [0.25, 0.3) is 5.57 Å². The number of amides is 1. The Morgan fingerprint density at radius 3 is 2.84 bits per heavy atom. The lowest BCUT2D eigenvalue weighted by molar-refractivity contribution is 0.0487. The van der Waals surface area contributed by atoms with Crippen LogP contribution in [0.4, 0.5) is 0 Å². The van der Waals surface area contributed by atoms with Gasteiger partial charge in [0.1, 0.15) is 17.6 Å². The quantitative estimate of drug-likeness (QED) is 0.883. The van der Waals surface area contributed by atoms with Crippen LogP contribution in [0, 0.1) is 5.92 Å². The van der Waals surface area contributed by atoms with Gasteiger partial charge in [-0.25, -0.2) is 0 Å². The molecule has 4 nitrogen and oxygen atoms in total. The number of fused-ring (bicyclic) bond motifs is 3. The molecule has 2 heterocycles. The van der Waals surface area contributed by atoms with Gasteiger partial charge >= 0.3 is 0 Å². The fourth-order valence-electron chi connectivity index (χ4n) is 4.52. The van der Waals surface area contributed by atoms with Crippen LogP contribution < -0.4 is 5.73 Å². The number of allylic oxidation sites excluding steroid dienone is 5. The van der Waals surface area contributed by atoms with Crippen LogP contribution in [-0.2, 0) is 11.3 Å². The maximum atomic E-state index is 12.0. The van der Waals surface area contributed by atoms with Crippen LogP contribution in [0.15, 0.2) is 36.1 Å². The molecule has 1 aromatic heterocycles. The van der Waals surface area contributed by atoms with Crippen LogP contribution in [-0.4, -0.2) is 10.5 Å². The molecule has 3 aliphatic rings. The molecule has 1 aliphatic heterocycles. The minimum atomic E-state index is -0.367. The summed E-state index contributed by atoms with van der Waals surface area (Å²) in [5, 5.41) is 0. The third-order valence-corrected chi connectivity index (χ3v) is 5.69. The molecule has 1 aromatic rings. The molecule has 25 heavy (non-hydrogen) atoms. The number of carbonyl (C=O) groups excluding carboxylic acids is 1. The van der Waals surface area contributed by atoms with E-state index in [1.165, 1.54) is 32.1 Å². The molecule has 1 amide bonds. The van der Waals surface area contributed by atoms with Crippen LogP contribution in [0.2, 0.25) is 0 Å². The lowest BCUT2D eigenvalue weighted by Gasteiger charge is -2.36. The normalized spacial score (nSPS) is 23.0. The van der Waals surface area contributed by atoms with E-state index in [1.807, 2.05) is 6.07 Å². The molecule has 132 valence electrons. The average Bonchev–Trinajstić information content (AvgIpc) is 2.87. The van der Waals surface area contributed by atoms with Crippen LogP contribution >= 0.6 is 0 Å². The Bertz CT molecular complexity index is 776. The molecule has 0 aromatic carbocycles. The van der Waals surface area contributed by atoms with Crippen molar-refractivity contribution in [2.24, 2.45) is 11.7 Å². The van der Waals surface area contributed by atoms with Crippen molar-refractivity contribution in [1.29, 1.82) is 0 Å². The summed E-state index contributed by atoms with van der Waals surface area (Å²) in [5.74, 6) is 1.10. The highest BCUT2D eigenvalue weighted by Gasteiger charge is 2.38. The van der Waals surface area contributed by atoms with Gasteiger partial charge in [0.15, 0.2) is 0 Å². The van der Waals surface area contributed by atoms with Crippen molar-refractivity contribution in [2.45, 2.75) is 58.1 Å². The van der Waals surface area contributed by atoms with Gasteiger partial charge in [0.2, 0.25) is 0 Å². The van der Waals surface area contributed by atoms with Crippen molar-refractivity contribution in [2.75, 3.05) is 0 Å². The standard InChI is InChI=1S/C21H26N2O2/c1-2-23-17(21(22)24)13-16-19(23)15-11-7-4-8-12-18(15)25-20(16)14-9-5-3-6-10-14/h4,7,11-14,20H,2-3,5-6,8-10H2,1H3,(H2,22,24)/t20-/m1/s1. The maximum Gasteiger partial charge on any atom is 0.265 e. The highest BCUT2D eigenvalue weighted by molar-refractivity contribution is 5.94. The Labute approximate surface area is 149 Å². The zero-order chi connectivity index (χ0) is 17.4. The highest BCUT2D eigenvalue weighted by atomic mass is 16.5. The molecule has 0 saturated heterocycles. The summed E-state index contributed by atoms with van der Waals surface area (Å²) in [5.41, 5.74) is 9.60. The number of hydrogen-bond donors (Lipinski definition) is 1. The summed E-state index contributed by atoms with van der Waals surface area (Å²) in [6, 6.07) is 1.98. The predicted molar refractivity (Wildman–Crippen MR) is 98.8 cm³/mol. The summed E-state index contributed by atoms with van der Waals surface area (Å²) in [7, 11) is 0. The van der Waals surface area contributed by atoms with Gasteiger partial charge in [-0.15, -0.1) is 0 Å². The molecule has 4 heteroatoms. The Morgan fingerprint density at radius 1 is 1.32 bits per heavy atom. The number of nitrogens with zero attached hydrogens (tertiary/aromatic N) is 1.